The first-order valence-electron chi connectivity index (χ1n) is 6.84. The number of aryl methyl sites for hydroxylation is 1. The van der Waals surface area contributed by atoms with Gasteiger partial charge in [0.2, 0.25) is 0 Å². The van der Waals surface area contributed by atoms with Crippen LogP contribution in [0, 0.1) is 13.8 Å². The highest BCUT2D eigenvalue weighted by Crippen LogP contribution is 2.24. The minimum absolute atomic E-state index is 0.381. The van der Waals surface area contributed by atoms with Gasteiger partial charge in [0, 0.05) is 30.5 Å². The summed E-state index contributed by atoms with van der Waals surface area (Å²) in [6, 6.07) is 6.79. The summed E-state index contributed by atoms with van der Waals surface area (Å²) in [5.41, 5.74) is 3.36. The molecule has 0 saturated carbocycles. The van der Waals surface area contributed by atoms with Crippen molar-refractivity contribution in [2.45, 2.75) is 40.3 Å². The number of hydrogen-bond acceptors (Lipinski definition) is 4. The summed E-state index contributed by atoms with van der Waals surface area (Å²) < 4.78 is 5.73. The lowest BCUT2D eigenvalue weighted by Crippen LogP contribution is -2.21. The predicted molar refractivity (Wildman–Crippen MR) is 80.0 cm³/mol. The van der Waals surface area contributed by atoms with E-state index in [-0.39, 0.29) is 0 Å². The summed E-state index contributed by atoms with van der Waals surface area (Å²) in [5, 5.41) is 3.33. The first-order chi connectivity index (χ1) is 9.56. The minimum atomic E-state index is 0.381. The van der Waals surface area contributed by atoms with Crippen molar-refractivity contribution in [1.82, 2.24) is 15.3 Å². The fourth-order valence-corrected chi connectivity index (χ4v) is 1.74. The summed E-state index contributed by atoms with van der Waals surface area (Å²) in [6.45, 7) is 9.08. The third-order valence-corrected chi connectivity index (χ3v) is 3.15. The quantitative estimate of drug-likeness (QED) is 0.905. The van der Waals surface area contributed by atoms with Crippen LogP contribution in [0.1, 0.15) is 30.5 Å². The van der Waals surface area contributed by atoms with Crippen molar-refractivity contribution < 1.29 is 4.74 Å². The van der Waals surface area contributed by atoms with Crippen molar-refractivity contribution >= 4 is 0 Å². The van der Waals surface area contributed by atoms with Crippen molar-refractivity contribution in [2.24, 2.45) is 0 Å². The lowest BCUT2D eigenvalue weighted by atomic mass is 10.1. The monoisotopic (exact) mass is 271 g/mol. The zero-order valence-electron chi connectivity index (χ0n) is 12.5. The molecule has 1 N–H and O–H groups in total. The number of rotatable bonds is 5. The van der Waals surface area contributed by atoms with Crippen LogP contribution in [-0.4, -0.2) is 16.0 Å². The summed E-state index contributed by atoms with van der Waals surface area (Å²) in [4.78, 5) is 8.50. The SMILES string of the molecule is Cc1cccc(Oc2ncc(CNC(C)C)cn2)c1C. The van der Waals surface area contributed by atoms with Crippen LogP contribution < -0.4 is 10.1 Å². The normalized spacial score (nSPS) is 10.8. The first-order valence-corrected chi connectivity index (χ1v) is 6.84. The molecule has 0 saturated heterocycles. The Bertz CT molecular complexity index is 564. The number of benzene rings is 1. The van der Waals surface area contributed by atoms with Gasteiger partial charge in [-0.2, -0.15) is 0 Å². The largest absolute Gasteiger partial charge is 0.424 e. The lowest BCUT2D eigenvalue weighted by Gasteiger charge is -2.10. The molecule has 0 fully saturated rings. The molecule has 0 atom stereocenters. The van der Waals surface area contributed by atoms with Gasteiger partial charge in [-0.05, 0) is 31.0 Å². The number of ether oxygens (including phenoxy) is 1. The highest BCUT2D eigenvalue weighted by atomic mass is 16.5. The molecule has 2 aromatic rings. The highest BCUT2D eigenvalue weighted by Gasteiger charge is 2.05. The molecule has 4 nitrogen and oxygen atoms in total. The number of nitrogens with one attached hydrogen (secondary N) is 1. The van der Waals surface area contributed by atoms with Gasteiger partial charge >= 0.3 is 6.01 Å². The first kappa shape index (κ1) is 14.5. The fraction of sp³-hybridized carbons (Fsp3) is 0.375. The van der Waals surface area contributed by atoms with E-state index < -0.39 is 0 Å². The van der Waals surface area contributed by atoms with Crippen LogP contribution in [0.15, 0.2) is 30.6 Å². The van der Waals surface area contributed by atoms with Crippen molar-refractivity contribution in [3.8, 4) is 11.8 Å². The van der Waals surface area contributed by atoms with Gasteiger partial charge < -0.3 is 10.1 Å². The molecule has 0 spiro atoms. The van der Waals surface area contributed by atoms with E-state index in [2.05, 4.69) is 42.1 Å². The zero-order valence-corrected chi connectivity index (χ0v) is 12.5. The number of nitrogens with zero attached hydrogens (tertiary/aromatic N) is 2. The standard InChI is InChI=1S/C16H21N3O/c1-11(2)17-8-14-9-18-16(19-10-14)20-15-7-5-6-12(3)13(15)4/h5-7,9-11,17H,8H2,1-4H3. The Labute approximate surface area is 120 Å². The third kappa shape index (κ3) is 3.78. The molecule has 2 rings (SSSR count). The molecular formula is C16H21N3O. The van der Waals surface area contributed by atoms with Crippen LogP contribution in [0.5, 0.6) is 11.8 Å². The van der Waals surface area contributed by atoms with Gasteiger partial charge in [-0.15, -0.1) is 0 Å². The van der Waals surface area contributed by atoms with Crippen LogP contribution in [0.4, 0.5) is 0 Å². The topological polar surface area (TPSA) is 47.0 Å². The van der Waals surface area contributed by atoms with Gasteiger partial charge in [-0.25, -0.2) is 9.97 Å². The van der Waals surface area contributed by atoms with Crippen molar-refractivity contribution in [3.05, 3.63) is 47.3 Å². The Hall–Kier alpha value is -1.94. The van der Waals surface area contributed by atoms with Gasteiger partial charge in [0.1, 0.15) is 5.75 Å². The van der Waals surface area contributed by atoms with Gasteiger partial charge in [-0.3, -0.25) is 0 Å². The van der Waals surface area contributed by atoms with Crippen LogP contribution in [0.2, 0.25) is 0 Å². The third-order valence-electron chi connectivity index (χ3n) is 3.15. The second-order valence-corrected chi connectivity index (χ2v) is 5.21. The molecule has 0 bridgehead atoms. The van der Waals surface area contributed by atoms with E-state index in [4.69, 9.17) is 4.74 Å². The van der Waals surface area contributed by atoms with E-state index in [0.717, 1.165) is 23.4 Å². The van der Waals surface area contributed by atoms with E-state index in [9.17, 15) is 0 Å². The predicted octanol–water partition coefficient (Wildman–Crippen LogP) is 3.38. The Balaban J connectivity index is 2.05. The van der Waals surface area contributed by atoms with Crippen molar-refractivity contribution in [3.63, 3.8) is 0 Å². The molecule has 0 aliphatic carbocycles. The average Bonchev–Trinajstić information content (AvgIpc) is 2.43. The van der Waals surface area contributed by atoms with Crippen LogP contribution in [0.25, 0.3) is 0 Å². The lowest BCUT2D eigenvalue weighted by molar-refractivity contribution is 0.437. The molecule has 0 unspecified atom stereocenters. The van der Waals surface area contributed by atoms with Crippen molar-refractivity contribution in [2.75, 3.05) is 0 Å². The smallest absolute Gasteiger partial charge is 0.321 e. The van der Waals surface area contributed by atoms with E-state index in [1.165, 1.54) is 5.56 Å². The molecule has 106 valence electrons. The zero-order chi connectivity index (χ0) is 14.5. The molecule has 0 aliphatic heterocycles. The summed E-state index contributed by atoms with van der Waals surface area (Å²) in [6.07, 6.45) is 3.59. The number of hydrogen-bond donors (Lipinski definition) is 1. The maximum Gasteiger partial charge on any atom is 0.321 e. The molecule has 1 heterocycles. The average molecular weight is 271 g/mol. The van der Waals surface area contributed by atoms with Gasteiger partial charge in [0.05, 0.1) is 0 Å². The van der Waals surface area contributed by atoms with Crippen LogP contribution in [-0.2, 0) is 6.54 Å². The molecule has 0 aliphatic rings. The van der Waals surface area contributed by atoms with Crippen LogP contribution in [0.3, 0.4) is 0 Å². The molecular weight excluding hydrogens is 250 g/mol. The van der Waals surface area contributed by atoms with E-state index in [0.29, 0.717) is 12.1 Å². The summed E-state index contributed by atoms with van der Waals surface area (Å²) in [5.74, 6) is 0.804. The second kappa shape index (κ2) is 6.48. The summed E-state index contributed by atoms with van der Waals surface area (Å²) in [7, 11) is 0. The Morgan fingerprint density at radius 2 is 1.85 bits per heavy atom. The maximum atomic E-state index is 5.73. The molecule has 1 aromatic carbocycles. The molecule has 4 heteroatoms. The minimum Gasteiger partial charge on any atom is -0.424 e. The summed E-state index contributed by atoms with van der Waals surface area (Å²) >= 11 is 0. The van der Waals surface area contributed by atoms with E-state index >= 15 is 0 Å². The molecule has 20 heavy (non-hydrogen) atoms. The number of aromatic nitrogens is 2. The fourth-order valence-electron chi connectivity index (χ4n) is 1.74. The molecule has 0 amide bonds. The van der Waals surface area contributed by atoms with E-state index in [1.54, 1.807) is 12.4 Å². The molecule has 1 aromatic heterocycles. The van der Waals surface area contributed by atoms with Gasteiger partial charge in [-0.1, -0.05) is 26.0 Å². The second-order valence-electron chi connectivity index (χ2n) is 5.21. The Morgan fingerprint density at radius 1 is 1.15 bits per heavy atom. The maximum absolute atomic E-state index is 5.73. The Kier molecular flexibility index (Phi) is 4.69. The van der Waals surface area contributed by atoms with Crippen LogP contribution >= 0.6 is 0 Å². The Morgan fingerprint density at radius 3 is 2.50 bits per heavy atom. The van der Waals surface area contributed by atoms with Gasteiger partial charge in [0.15, 0.2) is 0 Å². The molecule has 0 radical (unpaired) electrons. The highest BCUT2D eigenvalue weighted by molar-refractivity contribution is 5.39. The van der Waals surface area contributed by atoms with E-state index in [1.807, 2.05) is 19.1 Å². The van der Waals surface area contributed by atoms with Crippen molar-refractivity contribution in [1.29, 1.82) is 0 Å². The van der Waals surface area contributed by atoms with Gasteiger partial charge in [0.25, 0.3) is 0 Å².